The maximum absolute atomic E-state index is 12.3. The van der Waals surface area contributed by atoms with Gasteiger partial charge in [-0.15, -0.1) is 0 Å². The van der Waals surface area contributed by atoms with Crippen LogP contribution in [0.15, 0.2) is 47.1 Å². The second-order valence-corrected chi connectivity index (χ2v) is 5.09. The van der Waals surface area contributed by atoms with Crippen LogP contribution in [0.1, 0.15) is 24.3 Å². The van der Waals surface area contributed by atoms with Gasteiger partial charge in [0.15, 0.2) is 11.5 Å². The molecule has 0 aliphatic rings. The Kier molecular flexibility index (Phi) is 5.46. The van der Waals surface area contributed by atoms with Crippen LogP contribution in [-0.4, -0.2) is 32.1 Å². The fourth-order valence-corrected chi connectivity index (χ4v) is 2.15. The maximum atomic E-state index is 12.3. The molecule has 2 aromatic rings. The Morgan fingerprint density at radius 1 is 1.22 bits per heavy atom. The van der Waals surface area contributed by atoms with Crippen molar-refractivity contribution in [1.82, 2.24) is 4.90 Å². The molecule has 0 spiro atoms. The SMILES string of the molecule is COc1ccc(/C=C/C(=O)N(C)C(C)c2ccco2)cc1OC. The topological polar surface area (TPSA) is 51.9 Å². The fraction of sp³-hybridized carbons (Fsp3) is 0.278. The molecule has 1 heterocycles. The number of methoxy groups -OCH3 is 2. The minimum atomic E-state index is -0.132. The molecule has 0 aliphatic carbocycles. The lowest BCUT2D eigenvalue weighted by Crippen LogP contribution is -2.27. The maximum Gasteiger partial charge on any atom is 0.246 e. The molecule has 0 saturated carbocycles. The number of benzene rings is 1. The van der Waals surface area contributed by atoms with Gasteiger partial charge in [-0.05, 0) is 42.8 Å². The Balaban J connectivity index is 2.08. The van der Waals surface area contributed by atoms with Crippen molar-refractivity contribution in [3.63, 3.8) is 0 Å². The van der Waals surface area contributed by atoms with Crippen molar-refractivity contribution in [3.05, 3.63) is 54.0 Å². The van der Waals surface area contributed by atoms with E-state index >= 15 is 0 Å². The van der Waals surface area contributed by atoms with Gasteiger partial charge in [0.1, 0.15) is 5.76 Å². The molecule has 0 aliphatic heterocycles. The standard InChI is InChI=1S/C18H21NO4/c1-13(15-6-5-11-23-15)19(2)18(20)10-8-14-7-9-16(21-3)17(12-14)22-4/h5-13H,1-4H3/b10-8+. The molecule has 0 N–H and O–H groups in total. The van der Waals surface area contributed by atoms with Crippen molar-refractivity contribution in [1.29, 1.82) is 0 Å². The predicted molar refractivity (Wildman–Crippen MR) is 88.5 cm³/mol. The lowest BCUT2D eigenvalue weighted by atomic mass is 10.1. The van der Waals surface area contributed by atoms with Crippen molar-refractivity contribution >= 4 is 12.0 Å². The summed E-state index contributed by atoms with van der Waals surface area (Å²) >= 11 is 0. The number of hydrogen-bond acceptors (Lipinski definition) is 4. The molecule has 5 nitrogen and oxygen atoms in total. The van der Waals surface area contributed by atoms with Crippen LogP contribution in [-0.2, 0) is 4.79 Å². The lowest BCUT2D eigenvalue weighted by Gasteiger charge is -2.21. The zero-order valence-electron chi connectivity index (χ0n) is 13.8. The largest absolute Gasteiger partial charge is 0.493 e. The van der Waals surface area contributed by atoms with Gasteiger partial charge < -0.3 is 18.8 Å². The molecule has 0 fully saturated rings. The van der Waals surface area contributed by atoms with Crippen LogP contribution in [0, 0.1) is 0 Å². The Hall–Kier alpha value is -2.69. The number of carbonyl (C=O) groups is 1. The van der Waals surface area contributed by atoms with Gasteiger partial charge in [0, 0.05) is 13.1 Å². The molecule has 1 atom stereocenters. The molecule has 1 aromatic heterocycles. The second-order valence-electron chi connectivity index (χ2n) is 5.09. The van der Waals surface area contributed by atoms with E-state index in [1.807, 2.05) is 31.2 Å². The van der Waals surface area contributed by atoms with Crippen molar-refractivity contribution in [2.45, 2.75) is 13.0 Å². The highest BCUT2D eigenvalue weighted by Gasteiger charge is 2.17. The highest BCUT2D eigenvalue weighted by atomic mass is 16.5. The monoisotopic (exact) mass is 315 g/mol. The molecule has 0 radical (unpaired) electrons. The van der Waals surface area contributed by atoms with E-state index in [2.05, 4.69) is 0 Å². The minimum Gasteiger partial charge on any atom is -0.493 e. The summed E-state index contributed by atoms with van der Waals surface area (Å²) in [6.07, 6.45) is 4.87. The van der Waals surface area contributed by atoms with E-state index < -0.39 is 0 Å². The minimum absolute atomic E-state index is 0.108. The molecule has 122 valence electrons. The highest BCUT2D eigenvalue weighted by molar-refractivity contribution is 5.91. The third kappa shape index (κ3) is 3.94. The van der Waals surface area contributed by atoms with Gasteiger partial charge in [0.25, 0.3) is 0 Å². The first-order valence-corrected chi connectivity index (χ1v) is 7.27. The van der Waals surface area contributed by atoms with E-state index in [-0.39, 0.29) is 11.9 Å². The van der Waals surface area contributed by atoms with Gasteiger partial charge in [-0.2, -0.15) is 0 Å². The Labute approximate surface area is 136 Å². The number of likely N-dealkylation sites (N-methyl/N-ethyl adjacent to an activating group) is 1. The third-order valence-electron chi connectivity index (χ3n) is 3.71. The average Bonchev–Trinajstić information content (AvgIpc) is 3.12. The summed E-state index contributed by atoms with van der Waals surface area (Å²) in [4.78, 5) is 13.9. The molecule has 1 unspecified atom stereocenters. The smallest absolute Gasteiger partial charge is 0.246 e. The van der Waals surface area contributed by atoms with Crippen LogP contribution in [0.4, 0.5) is 0 Å². The summed E-state index contributed by atoms with van der Waals surface area (Å²) < 4.78 is 15.8. The highest BCUT2D eigenvalue weighted by Crippen LogP contribution is 2.28. The van der Waals surface area contributed by atoms with Crippen LogP contribution in [0.3, 0.4) is 0 Å². The van der Waals surface area contributed by atoms with E-state index in [0.29, 0.717) is 11.5 Å². The molecule has 1 aromatic carbocycles. The van der Waals surface area contributed by atoms with E-state index in [1.54, 1.807) is 44.6 Å². The first-order valence-electron chi connectivity index (χ1n) is 7.27. The molecule has 2 rings (SSSR count). The van der Waals surface area contributed by atoms with Gasteiger partial charge in [-0.3, -0.25) is 4.79 Å². The zero-order valence-corrected chi connectivity index (χ0v) is 13.8. The van der Waals surface area contributed by atoms with Gasteiger partial charge in [-0.1, -0.05) is 6.07 Å². The van der Waals surface area contributed by atoms with Gasteiger partial charge in [-0.25, -0.2) is 0 Å². The van der Waals surface area contributed by atoms with Crippen LogP contribution in [0.5, 0.6) is 11.5 Å². The van der Waals surface area contributed by atoms with Gasteiger partial charge in [0.2, 0.25) is 5.91 Å². The number of nitrogens with zero attached hydrogens (tertiary/aromatic N) is 1. The summed E-state index contributed by atoms with van der Waals surface area (Å²) in [5.74, 6) is 1.92. The summed E-state index contributed by atoms with van der Waals surface area (Å²) in [7, 11) is 4.91. The van der Waals surface area contributed by atoms with E-state index in [1.165, 1.54) is 6.08 Å². The summed E-state index contributed by atoms with van der Waals surface area (Å²) in [6.45, 7) is 1.92. The number of furan rings is 1. The summed E-state index contributed by atoms with van der Waals surface area (Å²) in [5, 5.41) is 0. The normalized spacial score (nSPS) is 12.2. The van der Waals surface area contributed by atoms with Crippen LogP contribution < -0.4 is 9.47 Å². The summed E-state index contributed by atoms with van der Waals surface area (Å²) in [5.41, 5.74) is 0.857. The molecule has 5 heteroatoms. The van der Waals surface area contributed by atoms with Crippen molar-refractivity contribution < 1.29 is 18.7 Å². The fourth-order valence-electron chi connectivity index (χ4n) is 2.15. The van der Waals surface area contributed by atoms with E-state index in [0.717, 1.165) is 11.3 Å². The lowest BCUT2D eigenvalue weighted by molar-refractivity contribution is -0.126. The Morgan fingerprint density at radius 3 is 2.57 bits per heavy atom. The second kappa shape index (κ2) is 7.54. The van der Waals surface area contributed by atoms with Crippen molar-refractivity contribution in [2.24, 2.45) is 0 Å². The number of hydrogen-bond donors (Lipinski definition) is 0. The first-order chi connectivity index (χ1) is 11.1. The van der Waals surface area contributed by atoms with Crippen molar-refractivity contribution in [2.75, 3.05) is 21.3 Å². The zero-order chi connectivity index (χ0) is 16.8. The van der Waals surface area contributed by atoms with Gasteiger partial charge >= 0.3 is 0 Å². The Morgan fingerprint density at radius 2 is 1.96 bits per heavy atom. The van der Waals surface area contributed by atoms with Gasteiger partial charge in [0.05, 0.1) is 26.5 Å². The molecule has 1 amide bonds. The number of carbonyl (C=O) groups excluding carboxylic acids is 1. The molecular formula is C18H21NO4. The third-order valence-corrected chi connectivity index (χ3v) is 3.71. The number of amides is 1. The van der Waals surface area contributed by atoms with E-state index in [9.17, 15) is 4.79 Å². The predicted octanol–water partition coefficient (Wildman–Crippen LogP) is 3.53. The van der Waals surface area contributed by atoms with Crippen LogP contribution in [0.2, 0.25) is 0 Å². The summed E-state index contributed by atoms with van der Waals surface area (Å²) in [6, 6.07) is 9.01. The van der Waals surface area contributed by atoms with E-state index in [4.69, 9.17) is 13.9 Å². The Bertz CT molecular complexity index is 676. The molecule has 23 heavy (non-hydrogen) atoms. The molecule has 0 bridgehead atoms. The van der Waals surface area contributed by atoms with Crippen LogP contribution >= 0.6 is 0 Å². The number of rotatable bonds is 6. The van der Waals surface area contributed by atoms with Crippen molar-refractivity contribution in [3.8, 4) is 11.5 Å². The molecular weight excluding hydrogens is 294 g/mol. The number of ether oxygens (including phenoxy) is 2. The quantitative estimate of drug-likeness (QED) is 0.765. The average molecular weight is 315 g/mol. The van der Waals surface area contributed by atoms with Crippen LogP contribution in [0.25, 0.3) is 6.08 Å². The molecule has 0 saturated heterocycles. The first kappa shape index (κ1) is 16.7.